The highest BCUT2D eigenvalue weighted by molar-refractivity contribution is 7.88. The molecule has 4 aromatic rings. The van der Waals surface area contributed by atoms with Crippen molar-refractivity contribution in [1.29, 1.82) is 0 Å². The lowest BCUT2D eigenvalue weighted by molar-refractivity contribution is 0.0952. The maximum Gasteiger partial charge on any atom is 0.253 e. The van der Waals surface area contributed by atoms with Crippen molar-refractivity contribution in [2.45, 2.75) is 53.8 Å². The second kappa shape index (κ2) is 10.6. The number of carbonyl (C=O) groups excluding carboxylic acids is 1. The number of hydrogen-bond acceptors (Lipinski definition) is 4. The molecule has 4 rings (SSSR count). The minimum Gasteiger partial charge on any atom is -0.348 e. The molecule has 0 unspecified atom stereocenters. The number of hydrogen-bond donors (Lipinski definition) is 3. The van der Waals surface area contributed by atoms with E-state index in [0.717, 1.165) is 50.7 Å². The summed E-state index contributed by atoms with van der Waals surface area (Å²) >= 11 is 0. The normalized spacial score (nSPS) is 11.9. The Bertz CT molecular complexity index is 1700. The maximum absolute atomic E-state index is 13.6. The molecule has 0 saturated heterocycles. The Labute approximate surface area is 223 Å². The Balaban J connectivity index is 1.78. The molecule has 0 aliphatic carbocycles. The van der Waals surface area contributed by atoms with Gasteiger partial charge in [-0.05, 0) is 86.7 Å². The van der Waals surface area contributed by atoms with Gasteiger partial charge in [-0.2, -0.15) is 0 Å². The second-order valence-electron chi connectivity index (χ2n) is 10.2. The van der Waals surface area contributed by atoms with Gasteiger partial charge in [-0.25, -0.2) is 13.1 Å². The Morgan fingerprint density at radius 3 is 2.39 bits per heavy atom. The number of aryl methyl sites for hydroxylation is 3. The number of nitrogens with zero attached hydrogens (tertiary/aromatic N) is 1. The number of amides is 1. The number of sulfonamides is 1. The van der Waals surface area contributed by atoms with E-state index in [1.165, 1.54) is 0 Å². The van der Waals surface area contributed by atoms with Crippen LogP contribution in [-0.4, -0.2) is 30.1 Å². The van der Waals surface area contributed by atoms with E-state index in [9.17, 15) is 18.0 Å². The van der Waals surface area contributed by atoms with Crippen LogP contribution >= 0.6 is 0 Å². The van der Waals surface area contributed by atoms with Crippen LogP contribution in [0, 0.1) is 20.8 Å². The molecule has 9 heteroatoms. The zero-order valence-electron chi connectivity index (χ0n) is 22.6. The monoisotopic (exact) mass is 534 g/mol. The van der Waals surface area contributed by atoms with Crippen LogP contribution in [0.4, 0.5) is 0 Å². The van der Waals surface area contributed by atoms with E-state index in [1.807, 2.05) is 57.2 Å². The fourth-order valence-electron chi connectivity index (χ4n) is 4.80. The number of aromatic nitrogens is 2. The van der Waals surface area contributed by atoms with Gasteiger partial charge in [0.1, 0.15) is 0 Å². The van der Waals surface area contributed by atoms with Crippen LogP contribution in [0.25, 0.3) is 22.0 Å². The van der Waals surface area contributed by atoms with Gasteiger partial charge < -0.3 is 14.9 Å². The highest BCUT2D eigenvalue weighted by Gasteiger charge is 2.19. The smallest absolute Gasteiger partial charge is 0.253 e. The largest absolute Gasteiger partial charge is 0.348 e. The molecule has 2 heterocycles. The molecule has 0 aliphatic rings. The average molecular weight is 535 g/mol. The lowest BCUT2D eigenvalue weighted by Crippen LogP contribution is -2.28. The van der Waals surface area contributed by atoms with E-state index in [0.29, 0.717) is 11.1 Å². The number of aromatic amines is 1. The lowest BCUT2D eigenvalue weighted by Gasteiger charge is -2.14. The molecule has 0 bridgehead atoms. The molecule has 3 N–H and O–H groups in total. The zero-order chi connectivity index (χ0) is 27.8. The van der Waals surface area contributed by atoms with Crippen molar-refractivity contribution in [2.24, 2.45) is 0 Å². The second-order valence-corrected chi connectivity index (χ2v) is 12.0. The molecule has 2 aromatic carbocycles. The first kappa shape index (κ1) is 27.3. The van der Waals surface area contributed by atoms with Crippen molar-refractivity contribution in [3.8, 4) is 11.1 Å². The minimum atomic E-state index is -3.33. The van der Waals surface area contributed by atoms with Gasteiger partial charge in [0.2, 0.25) is 10.0 Å². The molecule has 0 radical (unpaired) electrons. The number of nitrogens with one attached hydrogen (secondary N) is 3. The number of benzene rings is 2. The van der Waals surface area contributed by atoms with Crippen LogP contribution < -0.4 is 15.6 Å². The third-order valence-corrected chi connectivity index (χ3v) is 7.31. The van der Waals surface area contributed by atoms with Gasteiger partial charge in [0.15, 0.2) is 0 Å². The molecule has 0 saturated carbocycles. The summed E-state index contributed by atoms with van der Waals surface area (Å²) in [5.74, 6) is -0.268. The third-order valence-electron chi connectivity index (χ3n) is 6.64. The van der Waals surface area contributed by atoms with E-state index in [1.54, 1.807) is 0 Å². The Hall–Kier alpha value is -3.69. The summed E-state index contributed by atoms with van der Waals surface area (Å²) in [7, 11) is -3.33. The van der Waals surface area contributed by atoms with E-state index in [-0.39, 0.29) is 30.6 Å². The standard InChI is InChI=1S/C29H34N4O4S/c1-17(2)33-16-19(4)27-24(28(34)30-15-25-18(3)10-20(5)32-29(25)35)12-23(13-26(27)33)22-9-7-8-21(11-22)14-31-38(6,36)37/h7-13,16-17,31H,14-15H2,1-6H3,(H,30,34)(H,32,35). The Morgan fingerprint density at radius 1 is 1.00 bits per heavy atom. The summed E-state index contributed by atoms with van der Waals surface area (Å²) < 4.78 is 27.8. The van der Waals surface area contributed by atoms with Crippen molar-refractivity contribution in [3.05, 3.63) is 92.5 Å². The van der Waals surface area contributed by atoms with Gasteiger partial charge in [-0.1, -0.05) is 18.2 Å². The zero-order valence-corrected chi connectivity index (χ0v) is 23.4. The average Bonchev–Trinajstić information content (AvgIpc) is 3.18. The predicted octanol–water partition coefficient (Wildman–Crippen LogP) is 4.48. The molecule has 2 aromatic heterocycles. The molecule has 0 aliphatic heterocycles. The number of rotatable bonds is 8. The Kier molecular flexibility index (Phi) is 7.62. The van der Waals surface area contributed by atoms with Crippen LogP contribution in [0.2, 0.25) is 0 Å². The van der Waals surface area contributed by atoms with Crippen molar-refractivity contribution in [3.63, 3.8) is 0 Å². The van der Waals surface area contributed by atoms with Gasteiger partial charge in [0.05, 0.1) is 6.26 Å². The minimum absolute atomic E-state index is 0.114. The van der Waals surface area contributed by atoms with E-state index >= 15 is 0 Å². The molecule has 38 heavy (non-hydrogen) atoms. The number of fused-ring (bicyclic) bond motifs is 1. The summed E-state index contributed by atoms with van der Waals surface area (Å²) in [5.41, 5.74) is 6.89. The van der Waals surface area contributed by atoms with Crippen LogP contribution in [0.15, 0.2) is 53.5 Å². The molecule has 200 valence electrons. The van der Waals surface area contributed by atoms with Crippen molar-refractivity contribution in [2.75, 3.05) is 6.26 Å². The maximum atomic E-state index is 13.6. The van der Waals surface area contributed by atoms with Crippen LogP contribution in [0.5, 0.6) is 0 Å². The summed E-state index contributed by atoms with van der Waals surface area (Å²) in [6.45, 7) is 10.2. The molecule has 0 spiro atoms. The Morgan fingerprint density at radius 2 is 1.74 bits per heavy atom. The predicted molar refractivity (Wildman–Crippen MR) is 152 cm³/mol. The fraction of sp³-hybridized carbons (Fsp3) is 0.310. The van der Waals surface area contributed by atoms with Gasteiger partial charge in [0, 0.05) is 53.1 Å². The summed E-state index contributed by atoms with van der Waals surface area (Å²) in [4.78, 5) is 28.9. The van der Waals surface area contributed by atoms with Gasteiger partial charge in [0.25, 0.3) is 11.5 Å². The van der Waals surface area contributed by atoms with E-state index in [4.69, 9.17) is 0 Å². The number of pyridine rings is 1. The SMILES string of the molecule is Cc1cc(C)c(CNC(=O)c2cc(-c3cccc(CNS(C)(=O)=O)c3)cc3c2c(C)cn3C(C)C)c(=O)[nH]1. The first-order valence-corrected chi connectivity index (χ1v) is 14.4. The summed E-state index contributed by atoms with van der Waals surface area (Å²) in [6.07, 6.45) is 3.18. The third kappa shape index (κ3) is 5.89. The van der Waals surface area contributed by atoms with Gasteiger partial charge in [-0.3, -0.25) is 9.59 Å². The summed E-state index contributed by atoms with van der Waals surface area (Å²) in [5, 5.41) is 3.82. The first-order valence-electron chi connectivity index (χ1n) is 12.5. The molecule has 0 atom stereocenters. The molecule has 0 fully saturated rings. The van der Waals surface area contributed by atoms with Crippen molar-refractivity contribution in [1.82, 2.24) is 19.6 Å². The topological polar surface area (TPSA) is 113 Å². The molecule has 8 nitrogen and oxygen atoms in total. The van der Waals surface area contributed by atoms with E-state index < -0.39 is 10.0 Å². The quantitative estimate of drug-likeness (QED) is 0.309. The van der Waals surface area contributed by atoms with Crippen molar-refractivity contribution >= 4 is 26.8 Å². The number of H-pyrrole nitrogens is 1. The van der Waals surface area contributed by atoms with Crippen LogP contribution in [-0.2, 0) is 23.1 Å². The van der Waals surface area contributed by atoms with Crippen molar-refractivity contribution < 1.29 is 13.2 Å². The van der Waals surface area contributed by atoms with E-state index in [2.05, 4.69) is 45.7 Å². The molecule has 1 amide bonds. The van der Waals surface area contributed by atoms with Crippen LogP contribution in [0.3, 0.4) is 0 Å². The number of carbonyl (C=O) groups is 1. The lowest BCUT2D eigenvalue weighted by atomic mass is 9.97. The summed E-state index contributed by atoms with van der Waals surface area (Å²) in [6, 6.07) is 13.6. The molecular weight excluding hydrogens is 500 g/mol. The fourth-order valence-corrected chi connectivity index (χ4v) is 5.23. The van der Waals surface area contributed by atoms with Gasteiger partial charge >= 0.3 is 0 Å². The first-order chi connectivity index (χ1) is 17.8. The highest BCUT2D eigenvalue weighted by atomic mass is 32.2. The van der Waals surface area contributed by atoms with Gasteiger partial charge in [-0.15, -0.1) is 0 Å². The highest BCUT2D eigenvalue weighted by Crippen LogP contribution is 2.33. The molecular formula is C29H34N4O4S. The van der Waals surface area contributed by atoms with Crippen LogP contribution in [0.1, 0.15) is 58.2 Å².